The number of aromatic nitrogens is 3. The summed E-state index contributed by atoms with van der Waals surface area (Å²) >= 11 is 0. The summed E-state index contributed by atoms with van der Waals surface area (Å²) in [6.07, 6.45) is 1.75. The number of pyridine rings is 1. The highest BCUT2D eigenvalue weighted by molar-refractivity contribution is 6.01. The van der Waals surface area contributed by atoms with E-state index in [1.54, 1.807) is 6.20 Å². The topological polar surface area (TPSA) is 71.8 Å². The Labute approximate surface area is 150 Å². The molecule has 0 bridgehead atoms. The number of aryl methyl sites for hydroxylation is 1. The van der Waals surface area contributed by atoms with Crippen LogP contribution in [0.15, 0.2) is 60.8 Å². The number of nitrogens with zero attached hydrogens (tertiary/aromatic N) is 3. The normalized spacial score (nSPS) is 11.0. The van der Waals surface area contributed by atoms with E-state index in [1.807, 2.05) is 66.1 Å². The van der Waals surface area contributed by atoms with Gasteiger partial charge in [-0.25, -0.2) is 14.8 Å². The van der Waals surface area contributed by atoms with Gasteiger partial charge in [-0.1, -0.05) is 36.4 Å². The number of fused-ring (bicyclic) bond motifs is 2. The summed E-state index contributed by atoms with van der Waals surface area (Å²) < 4.78 is 2.01. The first-order valence-electron chi connectivity index (χ1n) is 8.53. The number of anilines is 1. The monoisotopic (exact) mass is 345 g/mol. The summed E-state index contributed by atoms with van der Waals surface area (Å²) in [6, 6.07) is 17.4. The highest BCUT2D eigenvalue weighted by atomic mass is 16.2. The number of hydrogen-bond acceptors (Lipinski definition) is 3. The molecule has 2 heterocycles. The van der Waals surface area contributed by atoms with Gasteiger partial charge in [-0.2, -0.15) is 0 Å². The van der Waals surface area contributed by atoms with Crippen molar-refractivity contribution >= 4 is 33.7 Å². The van der Waals surface area contributed by atoms with E-state index in [2.05, 4.69) is 20.6 Å². The molecule has 4 aromatic rings. The minimum absolute atomic E-state index is 0.226. The van der Waals surface area contributed by atoms with Crippen molar-refractivity contribution in [1.29, 1.82) is 0 Å². The molecule has 2 amide bonds. The maximum absolute atomic E-state index is 12.3. The highest BCUT2D eigenvalue weighted by Gasteiger charge is 2.09. The fourth-order valence-corrected chi connectivity index (χ4v) is 3.12. The molecule has 0 aliphatic rings. The number of hydrogen-bond donors (Lipinski definition) is 2. The Balaban J connectivity index is 1.42. The van der Waals surface area contributed by atoms with Gasteiger partial charge in [-0.3, -0.25) is 0 Å². The van der Waals surface area contributed by atoms with Crippen LogP contribution >= 0.6 is 0 Å². The smallest absolute Gasteiger partial charge is 0.319 e. The first kappa shape index (κ1) is 16.1. The van der Waals surface area contributed by atoms with Crippen molar-refractivity contribution in [2.24, 2.45) is 0 Å². The van der Waals surface area contributed by atoms with Crippen LogP contribution in [0.25, 0.3) is 21.9 Å². The number of rotatable bonds is 4. The van der Waals surface area contributed by atoms with E-state index in [-0.39, 0.29) is 6.03 Å². The minimum Gasteiger partial charge on any atom is -0.336 e. The van der Waals surface area contributed by atoms with Crippen LogP contribution in [0.2, 0.25) is 0 Å². The van der Waals surface area contributed by atoms with Gasteiger partial charge < -0.3 is 15.2 Å². The van der Waals surface area contributed by atoms with Gasteiger partial charge in [0.15, 0.2) is 5.65 Å². The Morgan fingerprint density at radius 2 is 1.92 bits per heavy atom. The summed E-state index contributed by atoms with van der Waals surface area (Å²) in [5.41, 5.74) is 2.50. The van der Waals surface area contributed by atoms with Crippen molar-refractivity contribution in [3.8, 4) is 0 Å². The van der Waals surface area contributed by atoms with Crippen LogP contribution in [0, 0.1) is 6.92 Å². The van der Waals surface area contributed by atoms with Gasteiger partial charge in [0, 0.05) is 24.7 Å². The zero-order valence-electron chi connectivity index (χ0n) is 14.4. The lowest BCUT2D eigenvalue weighted by Crippen LogP contribution is -2.31. The summed E-state index contributed by atoms with van der Waals surface area (Å²) in [4.78, 5) is 21.1. The minimum atomic E-state index is -0.226. The maximum Gasteiger partial charge on any atom is 0.319 e. The first-order valence-corrected chi connectivity index (χ1v) is 8.53. The molecule has 0 unspecified atom stereocenters. The molecule has 0 radical (unpaired) electrons. The van der Waals surface area contributed by atoms with Crippen molar-refractivity contribution in [3.63, 3.8) is 0 Å². The fourth-order valence-electron chi connectivity index (χ4n) is 3.12. The molecular weight excluding hydrogens is 326 g/mol. The second-order valence-corrected chi connectivity index (χ2v) is 6.06. The average molecular weight is 345 g/mol. The van der Waals surface area contributed by atoms with Gasteiger partial charge >= 0.3 is 6.03 Å². The molecule has 6 nitrogen and oxygen atoms in total. The van der Waals surface area contributed by atoms with Crippen LogP contribution in [-0.4, -0.2) is 27.1 Å². The van der Waals surface area contributed by atoms with Gasteiger partial charge in [-0.05, 0) is 30.5 Å². The van der Waals surface area contributed by atoms with E-state index in [4.69, 9.17) is 0 Å². The quantitative estimate of drug-likeness (QED) is 0.592. The van der Waals surface area contributed by atoms with E-state index in [0.29, 0.717) is 13.1 Å². The van der Waals surface area contributed by atoms with Gasteiger partial charge in [0.1, 0.15) is 11.3 Å². The molecule has 0 aliphatic heterocycles. The van der Waals surface area contributed by atoms with E-state index in [9.17, 15) is 4.79 Å². The zero-order valence-corrected chi connectivity index (χ0v) is 14.4. The van der Waals surface area contributed by atoms with Gasteiger partial charge in [0.2, 0.25) is 0 Å². The molecule has 2 aromatic carbocycles. The van der Waals surface area contributed by atoms with Crippen LogP contribution in [0.3, 0.4) is 0 Å². The Kier molecular flexibility index (Phi) is 4.23. The number of amides is 2. The molecule has 6 heteroatoms. The number of carbonyl (C=O) groups excluding carboxylic acids is 1. The van der Waals surface area contributed by atoms with Gasteiger partial charge in [-0.15, -0.1) is 0 Å². The predicted octanol–water partition coefficient (Wildman–Crippen LogP) is 3.71. The van der Waals surface area contributed by atoms with E-state index >= 15 is 0 Å². The molecular formula is C20H19N5O. The molecule has 4 rings (SSSR count). The van der Waals surface area contributed by atoms with Crippen LogP contribution in [-0.2, 0) is 6.54 Å². The molecule has 0 saturated carbocycles. The average Bonchev–Trinajstić information content (AvgIpc) is 2.98. The maximum atomic E-state index is 12.3. The lowest BCUT2D eigenvalue weighted by molar-refractivity contribution is 0.251. The second kappa shape index (κ2) is 6.84. The number of benzene rings is 2. The summed E-state index contributed by atoms with van der Waals surface area (Å²) in [7, 11) is 0. The summed E-state index contributed by atoms with van der Waals surface area (Å²) in [5, 5.41) is 7.94. The number of carbonyl (C=O) groups is 1. The number of nitrogens with one attached hydrogen (secondary N) is 2. The van der Waals surface area contributed by atoms with Gasteiger partial charge in [0.25, 0.3) is 0 Å². The molecule has 130 valence electrons. The third kappa shape index (κ3) is 3.09. The number of urea groups is 1. The van der Waals surface area contributed by atoms with Crippen molar-refractivity contribution in [1.82, 2.24) is 19.9 Å². The molecule has 0 spiro atoms. The predicted molar refractivity (Wildman–Crippen MR) is 103 cm³/mol. The number of imidazole rings is 1. The lowest BCUT2D eigenvalue weighted by Gasteiger charge is -2.11. The molecule has 2 aromatic heterocycles. The Bertz CT molecular complexity index is 1080. The third-order valence-corrected chi connectivity index (χ3v) is 4.35. The van der Waals surface area contributed by atoms with E-state index in [1.165, 1.54) is 0 Å². The lowest BCUT2D eigenvalue weighted by atomic mass is 10.1. The second-order valence-electron chi connectivity index (χ2n) is 6.06. The van der Waals surface area contributed by atoms with Crippen molar-refractivity contribution in [3.05, 3.63) is 66.6 Å². The van der Waals surface area contributed by atoms with E-state index in [0.717, 1.165) is 33.4 Å². The SMILES string of the molecule is Cc1nc2cccnc2n1CCNC(=O)Nc1cccc2ccccc12. The standard InChI is InChI=1S/C20H19N5O/c1-14-23-18-10-5-11-21-19(18)25(14)13-12-22-20(26)24-17-9-4-7-15-6-2-3-8-16(15)17/h2-11H,12-13H2,1H3,(H2,22,24,26). The molecule has 26 heavy (non-hydrogen) atoms. The highest BCUT2D eigenvalue weighted by Crippen LogP contribution is 2.22. The fraction of sp³-hybridized carbons (Fsp3) is 0.150. The molecule has 0 aliphatic carbocycles. The summed E-state index contributed by atoms with van der Waals surface area (Å²) in [6.45, 7) is 3.04. The zero-order chi connectivity index (χ0) is 17.9. The van der Waals surface area contributed by atoms with Crippen molar-refractivity contribution in [2.75, 3.05) is 11.9 Å². The van der Waals surface area contributed by atoms with Crippen molar-refractivity contribution in [2.45, 2.75) is 13.5 Å². The largest absolute Gasteiger partial charge is 0.336 e. The Hall–Kier alpha value is -3.41. The van der Waals surface area contributed by atoms with Crippen LogP contribution in [0.5, 0.6) is 0 Å². The molecule has 2 N–H and O–H groups in total. The first-order chi connectivity index (χ1) is 12.7. The van der Waals surface area contributed by atoms with Crippen LogP contribution in [0.4, 0.5) is 10.5 Å². The Morgan fingerprint density at radius 3 is 2.85 bits per heavy atom. The van der Waals surface area contributed by atoms with E-state index < -0.39 is 0 Å². The molecule has 0 atom stereocenters. The molecule has 0 saturated heterocycles. The van der Waals surface area contributed by atoms with Crippen molar-refractivity contribution < 1.29 is 4.79 Å². The van der Waals surface area contributed by atoms with Crippen LogP contribution < -0.4 is 10.6 Å². The Morgan fingerprint density at radius 1 is 1.08 bits per heavy atom. The van der Waals surface area contributed by atoms with Crippen LogP contribution in [0.1, 0.15) is 5.82 Å². The third-order valence-electron chi connectivity index (χ3n) is 4.35. The molecule has 0 fully saturated rings. The summed E-state index contributed by atoms with van der Waals surface area (Å²) in [5.74, 6) is 0.884. The van der Waals surface area contributed by atoms with Gasteiger partial charge in [0.05, 0.1) is 5.69 Å².